The first-order chi connectivity index (χ1) is 9.32. The van der Waals surface area contributed by atoms with Crippen molar-refractivity contribution in [3.8, 4) is 0 Å². The molecule has 0 aromatic heterocycles. The minimum atomic E-state index is -2.55. The maximum absolute atomic E-state index is 11.9. The summed E-state index contributed by atoms with van der Waals surface area (Å²) in [6.45, 7) is -1.00. The quantitative estimate of drug-likeness (QED) is 0.806. The summed E-state index contributed by atoms with van der Waals surface area (Å²) in [5, 5.41) is 0. The topological polar surface area (TPSA) is 46.6 Å². The summed E-state index contributed by atoms with van der Waals surface area (Å²) < 4.78 is 28.4. The molecule has 2 rings (SSSR count). The first-order valence-corrected chi connectivity index (χ1v) is 5.42. The summed E-state index contributed by atoms with van der Waals surface area (Å²) in [5.74, 6) is -0.623. The largest absolute Gasteiger partial charge is 0.447 e. The summed E-state index contributed by atoms with van der Waals surface area (Å²) in [6, 6.07) is 6.61. The number of amides is 2. The van der Waals surface area contributed by atoms with E-state index in [1.165, 1.54) is 0 Å². The molecule has 1 atom stereocenters. The van der Waals surface area contributed by atoms with Crippen LogP contribution in [0.4, 0.5) is 4.79 Å². The number of cyclic esters (lactones) is 1. The Morgan fingerprint density at radius 2 is 2.29 bits per heavy atom. The molecule has 1 aliphatic rings. The summed E-state index contributed by atoms with van der Waals surface area (Å²) in [4.78, 5) is 24.2. The number of ether oxygens (including phenoxy) is 1. The van der Waals surface area contributed by atoms with Gasteiger partial charge in [0.2, 0.25) is 5.91 Å². The lowest BCUT2D eigenvalue weighted by molar-refractivity contribution is -0.128. The zero-order chi connectivity index (χ0) is 15.0. The van der Waals surface area contributed by atoms with Gasteiger partial charge < -0.3 is 4.74 Å². The van der Waals surface area contributed by atoms with Gasteiger partial charge in [0, 0.05) is 6.42 Å². The van der Waals surface area contributed by atoms with E-state index in [0.29, 0.717) is 10.5 Å². The number of carbonyl (C=O) groups excluding carboxylic acids is 2. The lowest BCUT2D eigenvalue weighted by Gasteiger charge is -2.18. The Bertz CT molecular complexity index is 535. The van der Waals surface area contributed by atoms with Gasteiger partial charge >= 0.3 is 6.09 Å². The number of nitrogens with zero attached hydrogens (tertiary/aromatic N) is 1. The van der Waals surface area contributed by atoms with Crippen LogP contribution in [0.2, 0.25) is 0 Å². The Hall–Kier alpha value is -1.84. The fraction of sp³-hybridized carbons (Fsp3) is 0.385. The molecule has 1 heterocycles. The highest BCUT2D eigenvalue weighted by Gasteiger charge is 2.36. The van der Waals surface area contributed by atoms with Crippen molar-refractivity contribution in [2.75, 3.05) is 6.56 Å². The molecule has 0 radical (unpaired) electrons. The minimum Gasteiger partial charge on any atom is -0.447 e. The second-order valence-electron chi connectivity index (χ2n) is 3.66. The Morgan fingerprint density at radius 3 is 2.94 bits per heavy atom. The van der Waals surface area contributed by atoms with Crippen LogP contribution in [-0.4, -0.2) is 29.5 Å². The molecule has 17 heavy (non-hydrogen) atoms. The van der Waals surface area contributed by atoms with Crippen molar-refractivity contribution in [1.29, 1.82) is 0 Å². The van der Waals surface area contributed by atoms with Crippen molar-refractivity contribution in [3.63, 3.8) is 0 Å². The molecule has 1 aromatic rings. The van der Waals surface area contributed by atoms with Gasteiger partial charge in [0.25, 0.3) is 0 Å². The second-order valence-corrected chi connectivity index (χ2v) is 3.66. The summed E-state index contributed by atoms with van der Waals surface area (Å²) in [7, 11) is 0. The number of carbonyl (C=O) groups is 2. The third kappa shape index (κ3) is 2.46. The first kappa shape index (κ1) is 8.28. The molecule has 1 aromatic carbocycles. The van der Waals surface area contributed by atoms with Crippen LogP contribution >= 0.6 is 0 Å². The molecular weight excluding hydrogens is 218 g/mol. The smallest absolute Gasteiger partial charge is 0.416 e. The van der Waals surface area contributed by atoms with Crippen LogP contribution < -0.4 is 0 Å². The minimum absolute atomic E-state index is 0.000595. The SMILES string of the molecule is [2H]C1([2H])OC(=O)N(C(=O)CC)[C@@]1([2H])Cc1ccccc1. The standard InChI is InChI=1S/C13H15NO3/c1-2-12(15)14-11(9-17-13(14)16)8-10-6-4-3-5-7-10/h3-7,11H,2,8-9H2,1H3/t11-/m0/s1/i9D2,11D. The molecule has 1 aliphatic heterocycles. The molecule has 0 aliphatic carbocycles. The van der Waals surface area contributed by atoms with Crippen molar-refractivity contribution in [3.05, 3.63) is 35.9 Å². The van der Waals surface area contributed by atoms with E-state index >= 15 is 0 Å². The molecule has 4 nitrogen and oxygen atoms in total. The monoisotopic (exact) mass is 236 g/mol. The van der Waals surface area contributed by atoms with Crippen molar-refractivity contribution in [1.82, 2.24) is 4.90 Å². The molecule has 0 saturated carbocycles. The van der Waals surface area contributed by atoms with Gasteiger partial charge in [-0.05, 0) is 12.0 Å². The van der Waals surface area contributed by atoms with Gasteiger partial charge in [-0.25, -0.2) is 9.69 Å². The average molecular weight is 236 g/mol. The van der Waals surface area contributed by atoms with Crippen LogP contribution in [-0.2, 0) is 16.0 Å². The number of rotatable bonds is 3. The molecular formula is C13H15NO3. The third-order valence-corrected chi connectivity index (χ3v) is 2.47. The van der Waals surface area contributed by atoms with Crippen LogP contribution in [0.15, 0.2) is 30.3 Å². The van der Waals surface area contributed by atoms with E-state index in [4.69, 9.17) is 4.11 Å². The van der Waals surface area contributed by atoms with E-state index < -0.39 is 24.6 Å². The van der Waals surface area contributed by atoms with Gasteiger partial charge in [-0.3, -0.25) is 4.79 Å². The van der Waals surface area contributed by atoms with Crippen LogP contribution in [0.1, 0.15) is 23.0 Å². The summed E-state index contributed by atoms with van der Waals surface area (Å²) >= 11 is 0. The summed E-state index contributed by atoms with van der Waals surface area (Å²) in [6.07, 6.45) is -1.23. The fourth-order valence-electron chi connectivity index (χ4n) is 1.62. The van der Waals surface area contributed by atoms with Crippen molar-refractivity contribution in [2.45, 2.75) is 25.8 Å². The van der Waals surface area contributed by atoms with Crippen LogP contribution in [0.3, 0.4) is 0 Å². The van der Waals surface area contributed by atoms with E-state index in [9.17, 15) is 9.59 Å². The zero-order valence-corrected chi connectivity index (χ0v) is 9.47. The lowest BCUT2D eigenvalue weighted by atomic mass is 10.1. The van der Waals surface area contributed by atoms with Crippen molar-refractivity contribution < 1.29 is 18.4 Å². The highest BCUT2D eigenvalue weighted by molar-refractivity contribution is 5.93. The lowest BCUT2D eigenvalue weighted by Crippen LogP contribution is -2.39. The molecule has 0 spiro atoms. The Morgan fingerprint density at radius 1 is 1.59 bits per heavy atom. The molecule has 0 N–H and O–H groups in total. The van der Waals surface area contributed by atoms with E-state index in [-0.39, 0.29) is 12.8 Å². The predicted molar refractivity (Wildman–Crippen MR) is 62.4 cm³/mol. The fourth-order valence-corrected chi connectivity index (χ4v) is 1.62. The third-order valence-electron chi connectivity index (χ3n) is 2.47. The van der Waals surface area contributed by atoms with E-state index in [0.717, 1.165) is 0 Å². The number of benzene rings is 1. The van der Waals surface area contributed by atoms with Crippen LogP contribution in [0.25, 0.3) is 0 Å². The van der Waals surface area contributed by atoms with Gasteiger partial charge in [0.1, 0.15) is 6.56 Å². The Kier molecular flexibility index (Phi) is 2.43. The highest BCUT2D eigenvalue weighted by atomic mass is 16.6. The maximum atomic E-state index is 11.9. The molecule has 0 bridgehead atoms. The summed E-state index contributed by atoms with van der Waals surface area (Å²) in [5.41, 5.74) is 0.651. The van der Waals surface area contributed by atoms with E-state index in [1.54, 1.807) is 37.3 Å². The first-order valence-electron chi connectivity index (χ1n) is 6.92. The Labute approximate surface area is 104 Å². The van der Waals surface area contributed by atoms with Gasteiger partial charge in [-0.15, -0.1) is 0 Å². The maximum Gasteiger partial charge on any atom is 0.416 e. The van der Waals surface area contributed by atoms with Crippen LogP contribution in [0, 0.1) is 0 Å². The molecule has 1 saturated heterocycles. The van der Waals surface area contributed by atoms with E-state index in [1.807, 2.05) is 0 Å². The van der Waals surface area contributed by atoms with Gasteiger partial charge in [0.15, 0.2) is 0 Å². The number of imide groups is 1. The van der Waals surface area contributed by atoms with Gasteiger partial charge in [-0.2, -0.15) is 0 Å². The highest BCUT2D eigenvalue weighted by Crippen LogP contribution is 2.18. The van der Waals surface area contributed by atoms with Gasteiger partial charge in [-0.1, -0.05) is 37.3 Å². The number of hydrogen-bond acceptors (Lipinski definition) is 3. The van der Waals surface area contributed by atoms with Crippen molar-refractivity contribution >= 4 is 12.0 Å². The molecule has 90 valence electrons. The average Bonchev–Trinajstić information content (AvgIpc) is 2.55. The normalized spacial score (nSPS) is 29.1. The van der Waals surface area contributed by atoms with Crippen LogP contribution in [0.5, 0.6) is 0 Å². The van der Waals surface area contributed by atoms with E-state index in [2.05, 4.69) is 4.74 Å². The molecule has 2 amide bonds. The second kappa shape index (κ2) is 4.99. The Balaban J connectivity index is 2.41. The molecule has 1 fully saturated rings. The predicted octanol–water partition coefficient (Wildman–Crippen LogP) is 1.99. The molecule has 4 heteroatoms. The van der Waals surface area contributed by atoms with Gasteiger partial charge in [0.05, 0.1) is 10.1 Å². The number of hydrogen-bond donors (Lipinski definition) is 0. The zero-order valence-electron chi connectivity index (χ0n) is 12.5. The molecule has 0 unspecified atom stereocenters. The van der Waals surface area contributed by atoms with Crippen molar-refractivity contribution in [2.24, 2.45) is 0 Å².